The average molecular weight is 352 g/mol. The summed E-state index contributed by atoms with van der Waals surface area (Å²) in [6.45, 7) is 3.16. The van der Waals surface area contributed by atoms with Crippen LogP contribution in [0, 0.1) is 12.8 Å². The van der Waals surface area contributed by atoms with Crippen LogP contribution in [0.4, 0.5) is 0 Å². The van der Waals surface area contributed by atoms with Crippen LogP contribution in [0.25, 0.3) is 10.6 Å². The van der Waals surface area contributed by atoms with Gasteiger partial charge in [-0.25, -0.2) is 22.7 Å². The minimum absolute atomic E-state index is 0.297. The van der Waals surface area contributed by atoms with Crippen molar-refractivity contribution in [2.45, 2.75) is 26.2 Å². The molecule has 1 aliphatic rings. The second-order valence-corrected chi connectivity index (χ2v) is 8.83. The maximum Gasteiger partial charge on any atom is 0.211 e. The Morgan fingerprint density at radius 2 is 2.22 bits per heavy atom. The summed E-state index contributed by atoms with van der Waals surface area (Å²) in [5, 5.41) is 0. The van der Waals surface area contributed by atoms with Crippen molar-refractivity contribution in [3.8, 4) is 10.6 Å². The monoisotopic (exact) mass is 352 g/mol. The molecule has 1 aliphatic heterocycles. The smallest absolute Gasteiger partial charge is 0.211 e. The zero-order valence-electron chi connectivity index (χ0n) is 13.3. The fourth-order valence-corrected chi connectivity index (χ4v) is 4.65. The van der Waals surface area contributed by atoms with E-state index in [9.17, 15) is 8.42 Å². The molecule has 1 fully saturated rings. The van der Waals surface area contributed by atoms with E-state index in [4.69, 9.17) is 4.98 Å². The van der Waals surface area contributed by atoms with Crippen LogP contribution in [-0.2, 0) is 16.4 Å². The highest BCUT2D eigenvalue weighted by Gasteiger charge is 2.26. The molecule has 0 bridgehead atoms. The first-order valence-electron chi connectivity index (χ1n) is 7.60. The molecule has 3 heterocycles. The molecule has 0 amide bonds. The minimum atomic E-state index is -3.11. The number of nitrogens with zero attached hydrogens (tertiary/aromatic N) is 4. The van der Waals surface area contributed by atoms with Gasteiger partial charge in [-0.1, -0.05) is 0 Å². The number of piperidine rings is 1. The van der Waals surface area contributed by atoms with Crippen LogP contribution in [0.15, 0.2) is 17.9 Å². The molecule has 0 aliphatic carbocycles. The van der Waals surface area contributed by atoms with Gasteiger partial charge in [-0.05, 0) is 32.1 Å². The predicted octanol–water partition coefficient (Wildman–Crippen LogP) is 2.12. The van der Waals surface area contributed by atoms with E-state index in [1.807, 2.05) is 12.4 Å². The van der Waals surface area contributed by atoms with Crippen molar-refractivity contribution < 1.29 is 8.42 Å². The molecular formula is C15H20N4O2S2. The summed E-state index contributed by atoms with van der Waals surface area (Å²) in [4.78, 5) is 14.3. The molecule has 0 saturated carbocycles. The highest BCUT2D eigenvalue weighted by atomic mass is 32.2. The maximum atomic E-state index is 11.7. The van der Waals surface area contributed by atoms with E-state index < -0.39 is 10.0 Å². The van der Waals surface area contributed by atoms with Crippen LogP contribution >= 0.6 is 11.3 Å². The first-order chi connectivity index (χ1) is 10.9. The molecule has 1 atom stereocenters. The molecule has 124 valence electrons. The molecule has 2 aromatic rings. The SMILES string of the molecule is Cc1ncsc1-c1cncc(C[C@H]2CCCN(S(C)(=O)=O)C2)n1. The van der Waals surface area contributed by atoms with E-state index in [0.29, 0.717) is 19.0 Å². The van der Waals surface area contributed by atoms with Gasteiger partial charge in [-0.3, -0.25) is 4.98 Å². The van der Waals surface area contributed by atoms with E-state index in [1.165, 1.54) is 6.26 Å². The Kier molecular flexibility index (Phi) is 4.74. The van der Waals surface area contributed by atoms with Crippen LogP contribution < -0.4 is 0 Å². The number of sulfonamides is 1. The van der Waals surface area contributed by atoms with E-state index in [0.717, 1.165) is 41.2 Å². The zero-order chi connectivity index (χ0) is 16.4. The summed E-state index contributed by atoms with van der Waals surface area (Å²) < 4.78 is 25.0. The summed E-state index contributed by atoms with van der Waals surface area (Å²) in [5.74, 6) is 0.297. The summed E-state index contributed by atoms with van der Waals surface area (Å²) in [6, 6.07) is 0. The standard InChI is InChI=1S/C15H20N4O2S2/c1-11-15(22-10-17-11)14-8-16-7-13(18-14)6-12-4-3-5-19(9-12)23(2,20)21/h7-8,10,12H,3-6,9H2,1-2H3/t12-/m1/s1. The lowest BCUT2D eigenvalue weighted by molar-refractivity contribution is 0.265. The number of aryl methyl sites for hydroxylation is 1. The van der Waals surface area contributed by atoms with Crippen LogP contribution in [0.5, 0.6) is 0 Å². The van der Waals surface area contributed by atoms with E-state index in [1.54, 1.807) is 28.0 Å². The van der Waals surface area contributed by atoms with Crippen molar-refractivity contribution in [3.05, 3.63) is 29.3 Å². The molecule has 0 radical (unpaired) electrons. The normalized spacial score (nSPS) is 19.8. The number of hydrogen-bond donors (Lipinski definition) is 0. The maximum absolute atomic E-state index is 11.7. The Balaban J connectivity index is 1.75. The van der Waals surface area contributed by atoms with Crippen LogP contribution in [0.2, 0.25) is 0 Å². The second kappa shape index (κ2) is 6.62. The van der Waals surface area contributed by atoms with E-state index in [-0.39, 0.29) is 0 Å². The summed E-state index contributed by atoms with van der Waals surface area (Å²) in [6.07, 6.45) is 7.50. The van der Waals surface area contributed by atoms with E-state index in [2.05, 4.69) is 9.97 Å². The fraction of sp³-hybridized carbons (Fsp3) is 0.533. The fourth-order valence-electron chi connectivity index (χ4n) is 2.95. The molecule has 1 saturated heterocycles. The largest absolute Gasteiger partial charge is 0.261 e. The van der Waals surface area contributed by atoms with Crippen molar-refractivity contribution >= 4 is 21.4 Å². The van der Waals surface area contributed by atoms with Crippen LogP contribution in [0.1, 0.15) is 24.2 Å². The average Bonchev–Trinajstić information content (AvgIpc) is 2.93. The van der Waals surface area contributed by atoms with Crippen molar-refractivity contribution in [3.63, 3.8) is 0 Å². The lowest BCUT2D eigenvalue weighted by Gasteiger charge is -2.30. The van der Waals surface area contributed by atoms with Gasteiger partial charge in [0, 0.05) is 19.3 Å². The molecule has 0 spiro atoms. The molecule has 3 rings (SSSR count). The van der Waals surface area contributed by atoms with Crippen molar-refractivity contribution in [2.24, 2.45) is 5.92 Å². The Morgan fingerprint density at radius 3 is 2.91 bits per heavy atom. The van der Waals surface area contributed by atoms with Crippen molar-refractivity contribution in [2.75, 3.05) is 19.3 Å². The number of thiazole rings is 1. The molecule has 0 N–H and O–H groups in total. The number of hydrogen-bond acceptors (Lipinski definition) is 6. The molecule has 0 unspecified atom stereocenters. The van der Waals surface area contributed by atoms with Gasteiger partial charge in [-0.15, -0.1) is 11.3 Å². The van der Waals surface area contributed by atoms with E-state index >= 15 is 0 Å². The first-order valence-corrected chi connectivity index (χ1v) is 10.3. The van der Waals surface area contributed by atoms with Gasteiger partial charge in [0.15, 0.2) is 0 Å². The van der Waals surface area contributed by atoms with Crippen LogP contribution in [-0.4, -0.2) is 47.0 Å². The lowest BCUT2D eigenvalue weighted by atomic mass is 9.95. The Labute approximate surface area is 140 Å². The topological polar surface area (TPSA) is 76.1 Å². The van der Waals surface area contributed by atoms with Gasteiger partial charge in [0.1, 0.15) is 5.69 Å². The number of rotatable bonds is 4. The van der Waals surface area contributed by atoms with Gasteiger partial charge in [0.25, 0.3) is 0 Å². The number of aromatic nitrogens is 3. The van der Waals surface area contributed by atoms with Crippen molar-refractivity contribution in [1.29, 1.82) is 0 Å². The zero-order valence-corrected chi connectivity index (χ0v) is 14.9. The lowest BCUT2D eigenvalue weighted by Crippen LogP contribution is -2.39. The Morgan fingerprint density at radius 1 is 1.39 bits per heavy atom. The summed E-state index contributed by atoms with van der Waals surface area (Å²) >= 11 is 1.56. The van der Waals surface area contributed by atoms with Crippen LogP contribution in [0.3, 0.4) is 0 Å². The molecule has 8 heteroatoms. The minimum Gasteiger partial charge on any atom is -0.261 e. The quantitative estimate of drug-likeness (QED) is 0.842. The van der Waals surface area contributed by atoms with Gasteiger partial charge in [0.2, 0.25) is 10.0 Å². The Bertz CT molecular complexity index is 788. The van der Waals surface area contributed by atoms with Gasteiger partial charge in [-0.2, -0.15) is 0 Å². The van der Waals surface area contributed by atoms with Gasteiger partial charge < -0.3 is 0 Å². The third-order valence-electron chi connectivity index (χ3n) is 4.11. The molecule has 2 aromatic heterocycles. The highest BCUT2D eigenvalue weighted by Crippen LogP contribution is 2.26. The third kappa shape index (κ3) is 3.94. The highest BCUT2D eigenvalue weighted by molar-refractivity contribution is 7.88. The van der Waals surface area contributed by atoms with Gasteiger partial charge >= 0.3 is 0 Å². The molecule has 0 aromatic carbocycles. The van der Waals surface area contributed by atoms with Gasteiger partial charge in [0.05, 0.1) is 34.2 Å². The first kappa shape index (κ1) is 16.5. The third-order valence-corrected chi connectivity index (χ3v) is 6.33. The molecular weight excluding hydrogens is 332 g/mol. The summed E-state index contributed by atoms with van der Waals surface area (Å²) in [7, 11) is -3.11. The predicted molar refractivity (Wildman–Crippen MR) is 90.7 cm³/mol. The second-order valence-electron chi connectivity index (χ2n) is 6.00. The Hall–Kier alpha value is -1.38. The summed E-state index contributed by atoms with van der Waals surface area (Å²) in [5.41, 5.74) is 4.53. The molecule has 23 heavy (non-hydrogen) atoms. The van der Waals surface area contributed by atoms with Crippen molar-refractivity contribution in [1.82, 2.24) is 19.3 Å². The molecule has 6 nitrogen and oxygen atoms in total.